The lowest BCUT2D eigenvalue weighted by Gasteiger charge is -1.95. The van der Waals surface area contributed by atoms with Crippen LogP contribution >= 0.6 is 0 Å². The maximum atomic E-state index is 10.8. The normalized spacial score (nSPS) is 12.1. The van der Waals surface area contributed by atoms with Crippen LogP contribution in [0.25, 0.3) is 5.52 Å². The van der Waals surface area contributed by atoms with E-state index in [1.165, 1.54) is 16.8 Å². The Hall–Kier alpha value is -1.40. The molecule has 2 aromatic rings. The van der Waals surface area contributed by atoms with Crippen LogP contribution in [0, 0.1) is 0 Å². The van der Waals surface area contributed by atoms with Crippen LogP contribution in [-0.2, 0) is 10.1 Å². The highest BCUT2D eigenvalue weighted by Crippen LogP contribution is 2.10. The fraction of sp³-hybridized carbons (Fsp3) is 0. The van der Waals surface area contributed by atoms with Crippen molar-refractivity contribution in [3.63, 3.8) is 0 Å². The second-order valence-corrected chi connectivity index (χ2v) is 3.83. The number of aromatic nitrogens is 2. The first-order chi connectivity index (χ1) is 6.09. The molecule has 5 nitrogen and oxygen atoms in total. The van der Waals surface area contributed by atoms with E-state index >= 15 is 0 Å². The minimum absolute atomic E-state index is 0.358. The van der Waals surface area contributed by atoms with Crippen molar-refractivity contribution in [2.45, 2.75) is 5.16 Å². The molecule has 2 heterocycles. The van der Waals surface area contributed by atoms with E-state index in [0.717, 1.165) is 0 Å². The van der Waals surface area contributed by atoms with Crippen LogP contribution < -0.4 is 0 Å². The highest BCUT2D eigenvalue weighted by atomic mass is 32.2. The largest absolute Gasteiger partial charge is 0.329 e. The molecule has 2 rings (SSSR count). The third-order valence-corrected chi connectivity index (χ3v) is 2.40. The van der Waals surface area contributed by atoms with Gasteiger partial charge in [0.1, 0.15) is 0 Å². The Bertz CT molecular complexity index is 544. The molecule has 0 aliphatic carbocycles. The summed E-state index contributed by atoms with van der Waals surface area (Å²) in [6, 6.07) is 5.11. The first-order valence-electron chi connectivity index (χ1n) is 3.48. The van der Waals surface area contributed by atoms with Gasteiger partial charge >= 0.3 is 10.1 Å². The third-order valence-electron chi connectivity index (χ3n) is 1.64. The standard InChI is InChI=1S/C7H6N2O3S/c10-13(11,12)7-8-5-6-3-1-2-4-9(6)7/h1-5H,(H,10,11,12). The minimum Gasteiger partial charge on any atom is -0.289 e. The number of imidazole rings is 1. The molecule has 13 heavy (non-hydrogen) atoms. The van der Waals surface area contributed by atoms with E-state index in [4.69, 9.17) is 4.55 Å². The average Bonchev–Trinajstić information content (AvgIpc) is 2.45. The zero-order valence-corrected chi connectivity index (χ0v) is 7.27. The molecule has 0 saturated heterocycles. The monoisotopic (exact) mass is 198 g/mol. The highest BCUT2D eigenvalue weighted by Gasteiger charge is 2.15. The Morgan fingerprint density at radius 1 is 1.38 bits per heavy atom. The molecule has 0 fully saturated rings. The molecule has 0 radical (unpaired) electrons. The van der Waals surface area contributed by atoms with Gasteiger partial charge in [-0.2, -0.15) is 8.42 Å². The predicted molar refractivity (Wildman–Crippen MR) is 45.0 cm³/mol. The van der Waals surface area contributed by atoms with Crippen LogP contribution in [0.5, 0.6) is 0 Å². The molecule has 0 saturated carbocycles. The van der Waals surface area contributed by atoms with Gasteiger partial charge in [0.05, 0.1) is 11.7 Å². The second-order valence-electron chi connectivity index (χ2n) is 2.51. The predicted octanol–water partition coefficient (Wildman–Crippen LogP) is 0.581. The first-order valence-corrected chi connectivity index (χ1v) is 4.92. The molecule has 2 aromatic heterocycles. The summed E-state index contributed by atoms with van der Waals surface area (Å²) < 4.78 is 31.6. The van der Waals surface area contributed by atoms with Crippen LogP contribution in [-0.4, -0.2) is 22.4 Å². The topological polar surface area (TPSA) is 71.7 Å². The quantitative estimate of drug-likeness (QED) is 0.680. The summed E-state index contributed by atoms with van der Waals surface area (Å²) in [5, 5.41) is -0.358. The van der Waals surface area contributed by atoms with Gasteiger partial charge in [0.2, 0.25) is 0 Å². The maximum absolute atomic E-state index is 10.8. The zero-order chi connectivity index (χ0) is 9.47. The molecule has 0 aliphatic heterocycles. The Balaban J connectivity index is 2.87. The van der Waals surface area contributed by atoms with Crippen molar-refractivity contribution in [3.05, 3.63) is 30.6 Å². The van der Waals surface area contributed by atoms with Gasteiger partial charge in [-0.05, 0) is 12.1 Å². The molecular formula is C7H6N2O3S. The summed E-state index contributed by atoms with van der Waals surface area (Å²) in [4.78, 5) is 3.59. The molecule has 68 valence electrons. The molecule has 0 aliphatic rings. The Morgan fingerprint density at radius 3 is 2.85 bits per heavy atom. The van der Waals surface area contributed by atoms with E-state index < -0.39 is 10.1 Å². The molecule has 0 bridgehead atoms. The minimum atomic E-state index is -4.23. The van der Waals surface area contributed by atoms with Crippen molar-refractivity contribution >= 4 is 15.6 Å². The van der Waals surface area contributed by atoms with Gasteiger partial charge in [0, 0.05) is 6.20 Å². The van der Waals surface area contributed by atoms with E-state index in [1.807, 2.05) is 0 Å². The van der Waals surface area contributed by atoms with E-state index in [1.54, 1.807) is 18.2 Å². The van der Waals surface area contributed by atoms with Crippen LogP contribution in [0.2, 0.25) is 0 Å². The van der Waals surface area contributed by atoms with Gasteiger partial charge < -0.3 is 0 Å². The van der Waals surface area contributed by atoms with Gasteiger partial charge in [0.25, 0.3) is 5.16 Å². The van der Waals surface area contributed by atoms with Crippen LogP contribution in [0.3, 0.4) is 0 Å². The Morgan fingerprint density at radius 2 is 2.15 bits per heavy atom. The second kappa shape index (κ2) is 2.54. The number of hydrogen-bond donors (Lipinski definition) is 1. The van der Waals surface area contributed by atoms with Gasteiger partial charge in [-0.3, -0.25) is 8.95 Å². The van der Waals surface area contributed by atoms with Crippen molar-refractivity contribution in [1.29, 1.82) is 0 Å². The summed E-state index contributed by atoms with van der Waals surface area (Å²) in [6.07, 6.45) is 2.90. The van der Waals surface area contributed by atoms with Crippen LogP contribution in [0.1, 0.15) is 0 Å². The average molecular weight is 198 g/mol. The molecule has 0 amide bonds. The maximum Gasteiger partial charge on any atom is 0.329 e. The molecular weight excluding hydrogens is 192 g/mol. The van der Waals surface area contributed by atoms with Gasteiger partial charge in [-0.15, -0.1) is 0 Å². The molecule has 0 atom stereocenters. The molecule has 0 spiro atoms. The van der Waals surface area contributed by atoms with E-state index in [0.29, 0.717) is 5.52 Å². The summed E-state index contributed by atoms with van der Waals surface area (Å²) in [5.74, 6) is 0. The number of pyridine rings is 1. The van der Waals surface area contributed by atoms with Gasteiger partial charge in [0.15, 0.2) is 0 Å². The zero-order valence-electron chi connectivity index (χ0n) is 6.45. The molecule has 6 heteroatoms. The summed E-state index contributed by atoms with van der Waals surface area (Å²) in [6.45, 7) is 0. The van der Waals surface area contributed by atoms with Crippen molar-refractivity contribution < 1.29 is 13.0 Å². The Labute approximate surface area is 74.4 Å². The lowest BCUT2D eigenvalue weighted by molar-refractivity contribution is 0.473. The van der Waals surface area contributed by atoms with E-state index in [-0.39, 0.29) is 5.16 Å². The third kappa shape index (κ3) is 1.30. The fourth-order valence-corrected chi connectivity index (χ4v) is 1.71. The smallest absolute Gasteiger partial charge is 0.289 e. The SMILES string of the molecule is O=S(=O)(O)c1ncc2ccccn12. The van der Waals surface area contributed by atoms with Gasteiger partial charge in [-0.25, -0.2) is 4.98 Å². The van der Waals surface area contributed by atoms with Crippen molar-refractivity contribution in [2.75, 3.05) is 0 Å². The summed E-state index contributed by atoms with van der Waals surface area (Å²) in [5.41, 5.74) is 0.620. The molecule has 0 aromatic carbocycles. The van der Waals surface area contributed by atoms with Crippen LogP contribution in [0.4, 0.5) is 0 Å². The van der Waals surface area contributed by atoms with Gasteiger partial charge in [-0.1, -0.05) is 6.07 Å². The number of fused-ring (bicyclic) bond motifs is 1. The first kappa shape index (κ1) is 8.21. The lowest BCUT2D eigenvalue weighted by atomic mass is 10.4. The number of nitrogens with zero attached hydrogens (tertiary/aromatic N) is 2. The van der Waals surface area contributed by atoms with E-state index in [9.17, 15) is 8.42 Å². The highest BCUT2D eigenvalue weighted by molar-refractivity contribution is 7.85. The Kier molecular flexibility index (Phi) is 1.61. The number of hydrogen-bond acceptors (Lipinski definition) is 3. The summed E-state index contributed by atoms with van der Waals surface area (Å²) in [7, 11) is -4.23. The van der Waals surface area contributed by atoms with Crippen molar-refractivity contribution in [3.8, 4) is 0 Å². The molecule has 1 N–H and O–H groups in total. The molecule has 0 unspecified atom stereocenters. The van der Waals surface area contributed by atoms with Crippen LogP contribution in [0.15, 0.2) is 35.7 Å². The lowest BCUT2D eigenvalue weighted by Crippen LogP contribution is -2.03. The van der Waals surface area contributed by atoms with Crippen molar-refractivity contribution in [1.82, 2.24) is 9.38 Å². The van der Waals surface area contributed by atoms with Crippen molar-refractivity contribution in [2.24, 2.45) is 0 Å². The fourth-order valence-electron chi connectivity index (χ4n) is 1.11. The summed E-state index contributed by atoms with van der Waals surface area (Å²) >= 11 is 0. The number of rotatable bonds is 1. The van der Waals surface area contributed by atoms with E-state index in [2.05, 4.69) is 4.98 Å².